The highest BCUT2D eigenvalue weighted by molar-refractivity contribution is 5.83. The molecule has 0 amide bonds. The molecule has 2 aliphatic heterocycles. The van der Waals surface area contributed by atoms with Crippen molar-refractivity contribution >= 4 is 11.7 Å². The summed E-state index contributed by atoms with van der Waals surface area (Å²) in [6.45, 7) is 5.62. The first-order valence-electron chi connectivity index (χ1n) is 9.85. The summed E-state index contributed by atoms with van der Waals surface area (Å²) in [4.78, 5) is 24.0. The minimum Gasteiger partial charge on any atom is -0.458 e. The summed E-state index contributed by atoms with van der Waals surface area (Å²) < 4.78 is 12.4. The van der Waals surface area contributed by atoms with Gasteiger partial charge in [-0.2, -0.15) is 0 Å². The molecule has 1 saturated carbocycles. The van der Waals surface area contributed by atoms with E-state index in [0.717, 1.165) is 37.7 Å². The average Bonchev–Trinajstić information content (AvgIpc) is 3.04. The van der Waals surface area contributed by atoms with Crippen molar-refractivity contribution in [2.45, 2.75) is 82.0 Å². The number of hydrogen-bond donors (Lipinski definition) is 0. The van der Waals surface area contributed by atoms with Gasteiger partial charge in [-0.25, -0.2) is 4.79 Å². The van der Waals surface area contributed by atoms with Crippen molar-refractivity contribution in [3.05, 3.63) is 39.9 Å². The molecule has 6 nitrogen and oxygen atoms in total. The van der Waals surface area contributed by atoms with E-state index < -0.39 is 16.1 Å². The molecule has 3 aliphatic rings. The van der Waals surface area contributed by atoms with Crippen molar-refractivity contribution < 1.29 is 19.2 Å². The minimum absolute atomic E-state index is 0.0630. The zero-order valence-corrected chi connectivity index (χ0v) is 16.2. The van der Waals surface area contributed by atoms with E-state index in [1.165, 1.54) is 12.1 Å². The molecule has 2 heterocycles. The van der Waals surface area contributed by atoms with Crippen LogP contribution < -0.4 is 0 Å². The predicted octanol–water partition coefficient (Wildman–Crippen LogP) is 4.51. The Morgan fingerprint density at radius 3 is 2.48 bits per heavy atom. The number of hydrogen-bond acceptors (Lipinski definition) is 5. The second-order valence-corrected chi connectivity index (χ2v) is 9.24. The number of nitro groups is 1. The van der Waals surface area contributed by atoms with E-state index in [1.54, 1.807) is 12.1 Å². The van der Waals surface area contributed by atoms with Crippen LogP contribution >= 0.6 is 0 Å². The third kappa shape index (κ3) is 2.85. The molecule has 2 saturated heterocycles. The van der Waals surface area contributed by atoms with E-state index in [1.807, 2.05) is 20.8 Å². The summed E-state index contributed by atoms with van der Waals surface area (Å²) in [7, 11) is 0. The van der Waals surface area contributed by atoms with Gasteiger partial charge in [0.25, 0.3) is 5.69 Å². The first-order chi connectivity index (χ1) is 12.7. The number of carbonyl (C=O) groups excluding carboxylic acids is 1. The number of nitro benzene ring substituents is 1. The molecule has 0 aromatic heterocycles. The van der Waals surface area contributed by atoms with Crippen LogP contribution in [-0.4, -0.2) is 27.7 Å². The summed E-state index contributed by atoms with van der Waals surface area (Å²) in [6.07, 6.45) is 5.66. The van der Waals surface area contributed by atoms with Gasteiger partial charge in [-0.1, -0.05) is 18.6 Å². The van der Waals surface area contributed by atoms with Crippen LogP contribution in [0.5, 0.6) is 0 Å². The molecule has 4 atom stereocenters. The van der Waals surface area contributed by atoms with Gasteiger partial charge in [-0.05, 0) is 64.4 Å². The largest absolute Gasteiger partial charge is 0.458 e. The van der Waals surface area contributed by atoms with E-state index >= 15 is 0 Å². The summed E-state index contributed by atoms with van der Waals surface area (Å²) in [6, 6.07) is 6.65. The number of carbonyl (C=O) groups is 1. The molecular weight excluding hydrogens is 346 g/mol. The van der Waals surface area contributed by atoms with Crippen molar-refractivity contribution in [1.29, 1.82) is 0 Å². The van der Waals surface area contributed by atoms with Crippen molar-refractivity contribution in [3.63, 3.8) is 0 Å². The molecule has 146 valence electrons. The summed E-state index contributed by atoms with van der Waals surface area (Å²) in [5.41, 5.74) is -0.804. The van der Waals surface area contributed by atoms with Gasteiger partial charge >= 0.3 is 5.97 Å². The Morgan fingerprint density at radius 1 is 1.19 bits per heavy atom. The highest BCUT2D eigenvalue weighted by atomic mass is 16.6. The lowest BCUT2D eigenvalue weighted by atomic mass is 9.73. The third-order valence-electron chi connectivity index (χ3n) is 6.44. The maximum Gasteiger partial charge on any atom is 0.339 e. The Labute approximate surface area is 159 Å². The van der Waals surface area contributed by atoms with E-state index in [-0.39, 0.29) is 29.1 Å². The standard InChI is InChI=1S/C21H27NO5/c1-19(2,3)26-18(23)21-13-5-12-20(27-21)11-4-6-16(20)17(21)14-7-9-15(10-8-14)22(24)25/h7-10,16-17H,4-6,11-13H2,1-3H3. The van der Waals surface area contributed by atoms with Crippen LogP contribution in [-0.2, 0) is 14.3 Å². The summed E-state index contributed by atoms with van der Waals surface area (Å²) in [5, 5.41) is 11.0. The fraction of sp³-hybridized carbons (Fsp3) is 0.667. The Kier molecular flexibility index (Phi) is 4.11. The van der Waals surface area contributed by atoms with Gasteiger partial charge in [0, 0.05) is 18.1 Å². The lowest BCUT2D eigenvalue weighted by Crippen LogP contribution is -2.50. The van der Waals surface area contributed by atoms with Crippen molar-refractivity contribution in [2.24, 2.45) is 5.92 Å². The molecule has 27 heavy (non-hydrogen) atoms. The van der Waals surface area contributed by atoms with Crippen LogP contribution in [0.25, 0.3) is 0 Å². The molecule has 4 unspecified atom stereocenters. The highest BCUT2D eigenvalue weighted by Gasteiger charge is 2.69. The number of esters is 1. The molecule has 1 aromatic rings. The highest BCUT2D eigenvalue weighted by Crippen LogP contribution is 2.65. The molecular formula is C21H27NO5. The number of nitrogens with zero attached hydrogens (tertiary/aromatic N) is 1. The fourth-order valence-electron chi connectivity index (χ4n) is 5.58. The van der Waals surface area contributed by atoms with Crippen LogP contribution in [0.15, 0.2) is 24.3 Å². The lowest BCUT2D eigenvalue weighted by molar-refractivity contribution is -0.384. The molecule has 1 aromatic carbocycles. The van der Waals surface area contributed by atoms with Gasteiger partial charge in [0.05, 0.1) is 10.5 Å². The van der Waals surface area contributed by atoms with Gasteiger partial charge in [-0.15, -0.1) is 0 Å². The smallest absolute Gasteiger partial charge is 0.339 e. The van der Waals surface area contributed by atoms with Gasteiger partial charge < -0.3 is 9.47 Å². The van der Waals surface area contributed by atoms with E-state index in [4.69, 9.17) is 9.47 Å². The van der Waals surface area contributed by atoms with Gasteiger partial charge in [0.2, 0.25) is 0 Å². The van der Waals surface area contributed by atoms with Gasteiger partial charge in [0.1, 0.15) is 5.60 Å². The summed E-state index contributed by atoms with van der Waals surface area (Å²) in [5.74, 6) is -0.140. The maximum atomic E-state index is 13.3. The van der Waals surface area contributed by atoms with Crippen molar-refractivity contribution in [1.82, 2.24) is 0 Å². The number of non-ortho nitro benzene ring substituents is 1. The molecule has 4 rings (SSSR count). The molecule has 1 aliphatic carbocycles. The number of fused-ring (bicyclic) bond motifs is 1. The van der Waals surface area contributed by atoms with Crippen molar-refractivity contribution in [2.75, 3.05) is 0 Å². The van der Waals surface area contributed by atoms with Crippen molar-refractivity contribution in [3.8, 4) is 0 Å². The lowest BCUT2D eigenvalue weighted by Gasteiger charge is -2.40. The van der Waals surface area contributed by atoms with Crippen LogP contribution in [0.2, 0.25) is 0 Å². The Bertz CT molecular complexity index is 768. The quantitative estimate of drug-likeness (QED) is 0.442. The van der Waals surface area contributed by atoms with Gasteiger partial charge in [-0.3, -0.25) is 10.1 Å². The zero-order chi connectivity index (χ0) is 19.4. The predicted molar refractivity (Wildman–Crippen MR) is 99.4 cm³/mol. The van der Waals surface area contributed by atoms with Gasteiger partial charge in [0.15, 0.2) is 5.60 Å². The number of rotatable bonds is 3. The summed E-state index contributed by atoms with van der Waals surface area (Å²) >= 11 is 0. The molecule has 1 spiro atoms. The normalized spacial score (nSPS) is 34.9. The Balaban J connectivity index is 1.78. The van der Waals surface area contributed by atoms with E-state index in [0.29, 0.717) is 6.42 Å². The average molecular weight is 373 g/mol. The molecule has 0 radical (unpaired) electrons. The Hall–Kier alpha value is -1.95. The maximum absolute atomic E-state index is 13.3. The molecule has 3 fully saturated rings. The molecule has 6 heteroatoms. The SMILES string of the molecule is CC(C)(C)OC(=O)C12CCCC3(CCCC3C1c1ccc([N+](=O)[O-])cc1)O2. The second kappa shape index (κ2) is 6.03. The number of benzene rings is 1. The van der Waals surface area contributed by atoms with Crippen LogP contribution in [0, 0.1) is 16.0 Å². The van der Waals surface area contributed by atoms with E-state index in [9.17, 15) is 14.9 Å². The first kappa shape index (κ1) is 18.4. The monoisotopic (exact) mass is 373 g/mol. The van der Waals surface area contributed by atoms with Crippen LogP contribution in [0.3, 0.4) is 0 Å². The first-order valence-corrected chi connectivity index (χ1v) is 9.85. The third-order valence-corrected chi connectivity index (χ3v) is 6.44. The molecule has 0 N–H and O–H groups in total. The molecule has 2 bridgehead atoms. The minimum atomic E-state index is -0.979. The fourth-order valence-corrected chi connectivity index (χ4v) is 5.58. The Morgan fingerprint density at radius 2 is 1.85 bits per heavy atom. The van der Waals surface area contributed by atoms with E-state index in [2.05, 4.69) is 0 Å². The topological polar surface area (TPSA) is 78.7 Å². The second-order valence-electron chi connectivity index (χ2n) is 9.24. The van der Waals surface area contributed by atoms with Crippen LogP contribution in [0.1, 0.15) is 70.8 Å². The number of ether oxygens (including phenoxy) is 2. The zero-order valence-electron chi connectivity index (χ0n) is 16.2. The van der Waals surface area contributed by atoms with Crippen LogP contribution in [0.4, 0.5) is 5.69 Å².